The summed E-state index contributed by atoms with van der Waals surface area (Å²) >= 11 is 0. The zero-order chi connectivity index (χ0) is 15.5. The number of hydrogen-bond donors (Lipinski definition) is 0. The van der Waals surface area contributed by atoms with Crippen molar-refractivity contribution >= 4 is 15.5 Å². The molecule has 4 nitrogen and oxygen atoms in total. The van der Waals surface area contributed by atoms with Crippen LogP contribution in [-0.4, -0.2) is 51.5 Å². The minimum Gasteiger partial charge on any atom is -0.377 e. The van der Waals surface area contributed by atoms with Gasteiger partial charge in [-0.1, -0.05) is 24.1 Å². The van der Waals surface area contributed by atoms with Crippen molar-refractivity contribution in [1.82, 2.24) is 4.90 Å². The van der Waals surface area contributed by atoms with Gasteiger partial charge >= 0.3 is 0 Å². The molecule has 0 aliphatic carbocycles. The Morgan fingerprint density at radius 1 is 1.33 bits per heavy atom. The van der Waals surface area contributed by atoms with Crippen LogP contribution in [0.4, 0.5) is 5.69 Å². The van der Waals surface area contributed by atoms with E-state index < -0.39 is 9.84 Å². The van der Waals surface area contributed by atoms with Gasteiger partial charge < -0.3 is 4.90 Å². The molecule has 1 aromatic rings. The molecule has 1 fully saturated rings. The van der Waals surface area contributed by atoms with Crippen molar-refractivity contribution in [2.75, 3.05) is 37.0 Å². The third-order valence-corrected chi connectivity index (χ3v) is 5.62. The van der Waals surface area contributed by atoms with Crippen LogP contribution in [0.15, 0.2) is 24.3 Å². The molecule has 0 amide bonds. The Balaban J connectivity index is 2.20. The number of nitrogens with zero attached hydrogens (tertiary/aromatic N) is 2. The van der Waals surface area contributed by atoms with E-state index in [-0.39, 0.29) is 17.5 Å². The van der Waals surface area contributed by atoms with Crippen LogP contribution in [0.2, 0.25) is 0 Å². The zero-order valence-electron chi connectivity index (χ0n) is 12.6. The molecule has 114 valence electrons. The molecule has 0 unspecified atom stereocenters. The first-order valence-electron chi connectivity index (χ1n) is 7.06. The number of benzene rings is 1. The van der Waals surface area contributed by atoms with Gasteiger partial charge in [0.15, 0.2) is 9.84 Å². The van der Waals surface area contributed by atoms with Crippen molar-refractivity contribution in [3.05, 3.63) is 29.8 Å². The Morgan fingerprint density at radius 3 is 2.62 bits per heavy atom. The predicted molar refractivity (Wildman–Crippen MR) is 87.1 cm³/mol. The highest BCUT2D eigenvalue weighted by Crippen LogP contribution is 2.24. The Bertz CT molecular complexity index is 632. The molecule has 1 aliphatic heterocycles. The van der Waals surface area contributed by atoms with E-state index in [1.165, 1.54) is 5.56 Å². The minimum atomic E-state index is -2.90. The summed E-state index contributed by atoms with van der Waals surface area (Å²) in [6.07, 6.45) is 6.14. The molecule has 21 heavy (non-hydrogen) atoms. The molecule has 0 spiro atoms. The van der Waals surface area contributed by atoms with Crippen LogP contribution in [0.3, 0.4) is 0 Å². The number of terminal acetylenes is 1. The fraction of sp³-hybridized carbons (Fsp3) is 0.500. The van der Waals surface area contributed by atoms with Gasteiger partial charge in [0.1, 0.15) is 0 Å². The molecular weight excluding hydrogens is 284 g/mol. The maximum absolute atomic E-state index is 11.7. The summed E-state index contributed by atoms with van der Waals surface area (Å²) in [6.45, 7) is 1.15. The number of rotatable bonds is 5. The van der Waals surface area contributed by atoms with Gasteiger partial charge in [-0.05, 0) is 18.1 Å². The summed E-state index contributed by atoms with van der Waals surface area (Å²) < 4.78 is 23.4. The number of hydrogen-bond acceptors (Lipinski definition) is 4. The lowest BCUT2D eigenvalue weighted by molar-refractivity contribution is 0.230. The van der Waals surface area contributed by atoms with Crippen LogP contribution in [0.1, 0.15) is 12.0 Å². The Labute approximate surface area is 127 Å². The lowest BCUT2D eigenvalue weighted by atomic mass is 10.1. The Hall–Kier alpha value is -1.51. The monoisotopic (exact) mass is 306 g/mol. The molecule has 2 rings (SSSR count). The van der Waals surface area contributed by atoms with Crippen molar-refractivity contribution in [2.24, 2.45) is 0 Å². The van der Waals surface area contributed by atoms with Gasteiger partial charge in [-0.2, -0.15) is 0 Å². The van der Waals surface area contributed by atoms with Crippen LogP contribution < -0.4 is 4.90 Å². The number of para-hydroxylation sites is 1. The fourth-order valence-electron chi connectivity index (χ4n) is 2.79. The van der Waals surface area contributed by atoms with Crippen molar-refractivity contribution in [3.63, 3.8) is 0 Å². The molecule has 1 saturated heterocycles. The molecule has 5 heteroatoms. The van der Waals surface area contributed by atoms with Crippen LogP contribution in [0.25, 0.3) is 0 Å². The third kappa shape index (κ3) is 3.99. The first-order chi connectivity index (χ1) is 9.93. The van der Waals surface area contributed by atoms with Gasteiger partial charge in [0.25, 0.3) is 0 Å². The smallest absolute Gasteiger partial charge is 0.151 e. The summed E-state index contributed by atoms with van der Waals surface area (Å²) in [7, 11) is 1.11. The molecule has 1 heterocycles. The Morgan fingerprint density at radius 2 is 2.05 bits per heavy atom. The molecule has 0 radical (unpaired) electrons. The molecule has 0 bridgehead atoms. The van der Waals surface area contributed by atoms with Crippen molar-refractivity contribution in [3.8, 4) is 12.3 Å². The van der Waals surface area contributed by atoms with Crippen molar-refractivity contribution < 1.29 is 8.42 Å². The van der Waals surface area contributed by atoms with Crippen LogP contribution >= 0.6 is 0 Å². The summed E-state index contributed by atoms with van der Waals surface area (Å²) in [5.74, 6) is 3.15. The van der Waals surface area contributed by atoms with E-state index in [9.17, 15) is 8.42 Å². The van der Waals surface area contributed by atoms with Crippen LogP contribution in [-0.2, 0) is 16.4 Å². The molecule has 1 aliphatic rings. The normalized spacial score (nSPS) is 20.4. The molecule has 1 atom stereocenters. The zero-order valence-corrected chi connectivity index (χ0v) is 13.4. The lowest BCUT2D eigenvalue weighted by Gasteiger charge is -2.28. The van der Waals surface area contributed by atoms with Gasteiger partial charge in [-0.3, -0.25) is 4.90 Å². The van der Waals surface area contributed by atoms with E-state index in [2.05, 4.69) is 27.9 Å². The summed E-state index contributed by atoms with van der Waals surface area (Å²) in [6, 6.07) is 8.17. The molecule has 1 aromatic carbocycles. The van der Waals surface area contributed by atoms with Gasteiger partial charge in [0, 0.05) is 32.4 Å². The average Bonchev–Trinajstić information content (AvgIpc) is 2.79. The summed E-state index contributed by atoms with van der Waals surface area (Å²) in [5, 5.41) is 0. The first-order valence-corrected chi connectivity index (χ1v) is 8.88. The minimum absolute atomic E-state index is 0.0290. The van der Waals surface area contributed by atoms with Crippen LogP contribution in [0.5, 0.6) is 0 Å². The summed E-state index contributed by atoms with van der Waals surface area (Å²) in [4.78, 5) is 4.17. The summed E-state index contributed by atoms with van der Waals surface area (Å²) in [5.41, 5.74) is 2.31. The predicted octanol–water partition coefficient (Wildman–Crippen LogP) is 1.37. The molecule has 0 saturated carbocycles. The van der Waals surface area contributed by atoms with Gasteiger partial charge in [0.2, 0.25) is 0 Å². The number of anilines is 1. The van der Waals surface area contributed by atoms with Gasteiger partial charge in [-0.15, -0.1) is 6.42 Å². The highest BCUT2D eigenvalue weighted by atomic mass is 32.2. The van der Waals surface area contributed by atoms with E-state index in [0.717, 1.165) is 5.69 Å². The highest BCUT2D eigenvalue weighted by Gasteiger charge is 2.32. The highest BCUT2D eigenvalue weighted by molar-refractivity contribution is 7.91. The molecular formula is C16H22N2O2S. The van der Waals surface area contributed by atoms with Crippen molar-refractivity contribution in [1.29, 1.82) is 0 Å². The second-order valence-electron chi connectivity index (χ2n) is 5.69. The second-order valence-corrected chi connectivity index (χ2v) is 7.92. The van der Waals surface area contributed by atoms with E-state index in [1.54, 1.807) is 0 Å². The largest absolute Gasteiger partial charge is 0.377 e. The number of sulfone groups is 1. The standard InChI is InChI=1S/C16H22N2O2S/c1-4-10-18(15-9-11-21(19,20)13-15)12-14-7-5-6-8-16(14)17(2)3/h1,5-8,15H,9-13H2,2-3H3/t15-/m0/s1. The van der Waals surface area contributed by atoms with Gasteiger partial charge in [-0.25, -0.2) is 8.42 Å². The van der Waals surface area contributed by atoms with E-state index >= 15 is 0 Å². The maximum Gasteiger partial charge on any atom is 0.151 e. The average molecular weight is 306 g/mol. The SMILES string of the molecule is C#CCN(Cc1ccccc1N(C)C)[C@H]1CCS(=O)(=O)C1. The van der Waals surface area contributed by atoms with E-state index in [0.29, 0.717) is 19.5 Å². The van der Waals surface area contributed by atoms with E-state index in [1.807, 2.05) is 26.2 Å². The quantitative estimate of drug-likeness (QED) is 0.771. The molecule has 0 aromatic heterocycles. The first kappa shape index (κ1) is 15.9. The van der Waals surface area contributed by atoms with Crippen molar-refractivity contribution in [2.45, 2.75) is 19.0 Å². The topological polar surface area (TPSA) is 40.6 Å². The van der Waals surface area contributed by atoms with Crippen LogP contribution in [0, 0.1) is 12.3 Å². The Kier molecular flexibility index (Phi) is 4.92. The molecule has 0 N–H and O–H groups in total. The third-order valence-electron chi connectivity index (χ3n) is 3.87. The van der Waals surface area contributed by atoms with E-state index in [4.69, 9.17) is 6.42 Å². The second kappa shape index (κ2) is 6.50. The lowest BCUT2D eigenvalue weighted by Crippen LogP contribution is -2.36. The van der Waals surface area contributed by atoms with Gasteiger partial charge in [0.05, 0.1) is 18.1 Å². The maximum atomic E-state index is 11.7. The fourth-order valence-corrected chi connectivity index (χ4v) is 4.56.